The summed E-state index contributed by atoms with van der Waals surface area (Å²) < 4.78 is 11.0. The van der Waals surface area contributed by atoms with Gasteiger partial charge in [-0.25, -0.2) is 9.97 Å². The molecule has 6 heteroatoms. The maximum atomic E-state index is 6.19. The standard InChI is InChI=1S/C14H12Cl2N2O2/c15-12-11(13-19-6-7-20-13)10(17-14(16)18-12)8-9-4-2-1-3-5-9/h1-5,13H,6-8H2. The van der Waals surface area contributed by atoms with Crippen LogP contribution in [-0.2, 0) is 15.9 Å². The van der Waals surface area contributed by atoms with Gasteiger partial charge in [-0.15, -0.1) is 0 Å². The molecule has 1 saturated heterocycles. The van der Waals surface area contributed by atoms with Crippen molar-refractivity contribution in [3.63, 3.8) is 0 Å². The summed E-state index contributed by atoms with van der Waals surface area (Å²) in [5.74, 6) is 0. The van der Waals surface area contributed by atoms with Crippen LogP contribution in [0.25, 0.3) is 0 Å². The molecule has 0 unspecified atom stereocenters. The van der Waals surface area contributed by atoms with Crippen LogP contribution in [-0.4, -0.2) is 23.2 Å². The molecule has 0 amide bonds. The lowest BCUT2D eigenvalue weighted by atomic mass is 10.1. The quantitative estimate of drug-likeness (QED) is 0.643. The van der Waals surface area contributed by atoms with Gasteiger partial charge >= 0.3 is 0 Å². The van der Waals surface area contributed by atoms with Gasteiger partial charge in [0.25, 0.3) is 0 Å². The largest absolute Gasteiger partial charge is 0.346 e. The first-order valence-corrected chi connectivity index (χ1v) is 6.98. The van der Waals surface area contributed by atoms with Gasteiger partial charge in [-0.2, -0.15) is 0 Å². The maximum absolute atomic E-state index is 6.19. The summed E-state index contributed by atoms with van der Waals surface area (Å²) in [6, 6.07) is 9.95. The minimum absolute atomic E-state index is 0.127. The van der Waals surface area contributed by atoms with Gasteiger partial charge in [0.2, 0.25) is 5.28 Å². The van der Waals surface area contributed by atoms with Crippen molar-refractivity contribution in [2.24, 2.45) is 0 Å². The molecule has 2 heterocycles. The van der Waals surface area contributed by atoms with E-state index >= 15 is 0 Å². The Labute approximate surface area is 126 Å². The Morgan fingerprint density at radius 1 is 1.05 bits per heavy atom. The number of nitrogens with zero attached hydrogens (tertiary/aromatic N) is 2. The zero-order chi connectivity index (χ0) is 13.9. The van der Waals surface area contributed by atoms with Crippen molar-refractivity contribution in [2.45, 2.75) is 12.7 Å². The molecule has 0 radical (unpaired) electrons. The van der Waals surface area contributed by atoms with Crippen LogP contribution in [0.1, 0.15) is 23.1 Å². The fourth-order valence-electron chi connectivity index (χ4n) is 2.14. The lowest BCUT2D eigenvalue weighted by Crippen LogP contribution is -2.09. The summed E-state index contributed by atoms with van der Waals surface area (Å²) >= 11 is 12.1. The minimum atomic E-state index is -0.515. The molecule has 0 N–H and O–H groups in total. The highest BCUT2D eigenvalue weighted by Gasteiger charge is 2.26. The van der Waals surface area contributed by atoms with Gasteiger partial charge in [0.05, 0.1) is 24.5 Å². The Morgan fingerprint density at radius 3 is 2.45 bits per heavy atom. The van der Waals surface area contributed by atoms with E-state index in [1.165, 1.54) is 0 Å². The Morgan fingerprint density at radius 2 is 1.75 bits per heavy atom. The molecule has 20 heavy (non-hydrogen) atoms. The summed E-state index contributed by atoms with van der Waals surface area (Å²) in [6.45, 7) is 1.07. The predicted molar refractivity (Wildman–Crippen MR) is 75.9 cm³/mol. The first-order chi connectivity index (χ1) is 9.74. The van der Waals surface area contributed by atoms with E-state index in [1.54, 1.807) is 0 Å². The van der Waals surface area contributed by atoms with Crippen molar-refractivity contribution < 1.29 is 9.47 Å². The van der Waals surface area contributed by atoms with E-state index in [0.29, 0.717) is 25.2 Å². The third kappa shape index (κ3) is 2.94. The van der Waals surface area contributed by atoms with E-state index in [4.69, 9.17) is 32.7 Å². The van der Waals surface area contributed by atoms with Crippen molar-refractivity contribution >= 4 is 23.2 Å². The average Bonchev–Trinajstić information content (AvgIpc) is 2.93. The molecule has 1 aromatic heterocycles. The van der Waals surface area contributed by atoms with Crippen molar-refractivity contribution in [1.82, 2.24) is 9.97 Å². The molecule has 3 rings (SSSR count). The molecule has 0 aliphatic carbocycles. The van der Waals surface area contributed by atoms with Crippen LogP contribution in [0.3, 0.4) is 0 Å². The summed E-state index contributed by atoms with van der Waals surface area (Å²) in [7, 11) is 0. The molecule has 2 aromatic rings. The number of ether oxygens (including phenoxy) is 2. The molecule has 0 bridgehead atoms. The van der Waals surface area contributed by atoms with Crippen molar-refractivity contribution in [2.75, 3.05) is 13.2 Å². The molecule has 0 saturated carbocycles. The number of rotatable bonds is 3. The topological polar surface area (TPSA) is 44.2 Å². The molecule has 1 aliphatic rings. The highest BCUT2D eigenvalue weighted by atomic mass is 35.5. The summed E-state index contributed by atoms with van der Waals surface area (Å²) in [5.41, 5.74) is 2.50. The predicted octanol–water partition coefficient (Wildman–Crippen LogP) is 3.42. The smallest absolute Gasteiger partial charge is 0.224 e. The molecular formula is C14H12Cl2N2O2. The van der Waals surface area contributed by atoms with Crippen LogP contribution in [0, 0.1) is 0 Å². The van der Waals surface area contributed by atoms with Gasteiger partial charge in [0.1, 0.15) is 5.15 Å². The summed E-state index contributed by atoms with van der Waals surface area (Å²) in [6.07, 6.45) is 0.0833. The van der Waals surface area contributed by atoms with Crippen molar-refractivity contribution in [3.05, 3.63) is 57.6 Å². The highest BCUT2D eigenvalue weighted by Crippen LogP contribution is 2.32. The Kier molecular flexibility index (Phi) is 4.17. The lowest BCUT2D eigenvalue weighted by Gasteiger charge is -2.15. The molecule has 1 aromatic carbocycles. The molecule has 0 atom stereocenters. The van der Waals surface area contributed by atoms with Gasteiger partial charge in [-0.1, -0.05) is 41.9 Å². The van der Waals surface area contributed by atoms with Gasteiger partial charge in [-0.3, -0.25) is 0 Å². The molecule has 1 aliphatic heterocycles. The zero-order valence-electron chi connectivity index (χ0n) is 10.6. The van der Waals surface area contributed by atoms with Gasteiger partial charge in [-0.05, 0) is 17.2 Å². The van der Waals surface area contributed by atoms with E-state index in [2.05, 4.69) is 9.97 Å². The SMILES string of the molecule is Clc1nc(Cl)c(C2OCCO2)c(Cc2ccccc2)n1. The number of hydrogen-bond acceptors (Lipinski definition) is 4. The second-order valence-electron chi connectivity index (χ2n) is 4.38. The molecular weight excluding hydrogens is 299 g/mol. The van der Waals surface area contributed by atoms with Crippen molar-refractivity contribution in [1.29, 1.82) is 0 Å². The second-order valence-corrected chi connectivity index (χ2v) is 5.08. The van der Waals surface area contributed by atoms with Gasteiger partial charge in [0, 0.05) is 6.42 Å². The number of hydrogen-bond donors (Lipinski definition) is 0. The monoisotopic (exact) mass is 310 g/mol. The van der Waals surface area contributed by atoms with Crippen molar-refractivity contribution in [3.8, 4) is 0 Å². The van der Waals surface area contributed by atoms with E-state index in [-0.39, 0.29) is 10.4 Å². The van der Waals surface area contributed by atoms with Gasteiger partial charge in [0.15, 0.2) is 6.29 Å². The molecule has 4 nitrogen and oxygen atoms in total. The zero-order valence-corrected chi connectivity index (χ0v) is 12.1. The first kappa shape index (κ1) is 13.8. The fraction of sp³-hybridized carbons (Fsp3) is 0.286. The van der Waals surface area contributed by atoms with Crippen LogP contribution >= 0.6 is 23.2 Å². The normalized spacial score (nSPS) is 15.7. The minimum Gasteiger partial charge on any atom is -0.346 e. The first-order valence-electron chi connectivity index (χ1n) is 6.23. The van der Waals surface area contributed by atoms with Crippen LogP contribution < -0.4 is 0 Å². The number of aromatic nitrogens is 2. The highest BCUT2D eigenvalue weighted by molar-refractivity contribution is 6.32. The lowest BCUT2D eigenvalue weighted by molar-refractivity contribution is -0.0450. The van der Waals surface area contributed by atoms with E-state index < -0.39 is 6.29 Å². The molecule has 1 fully saturated rings. The third-order valence-electron chi connectivity index (χ3n) is 3.02. The Hall–Kier alpha value is -1.20. The van der Waals surface area contributed by atoms with E-state index in [1.807, 2.05) is 30.3 Å². The summed E-state index contributed by atoms with van der Waals surface area (Å²) in [5, 5.41) is 0.408. The third-order valence-corrected chi connectivity index (χ3v) is 3.48. The van der Waals surface area contributed by atoms with E-state index in [0.717, 1.165) is 11.3 Å². The second kappa shape index (κ2) is 6.06. The van der Waals surface area contributed by atoms with Crippen LogP contribution in [0.4, 0.5) is 0 Å². The average molecular weight is 311 g/mol. The Bertz CT molecular complexity index is 602. The number of halogens is 2. The fourth-order valence-corrected chi connectivity index (χ4v) is 2.65. The maximum Gasteiger partial charge on any atom is 0.224 e. The molecule has 104 valence electrons. The molecule has 0 spiro atoms. The van der Waals surface area contributed by atoms with E-state index in [9.17, 15) is 0 Å². The Balaban J connectivity index is 1.99. The summed E-state index contributed by atoms with van der Waals surface area (Å²) in [4.78, 5) is 8.26. The van der Waals surface area contributed by atoms with Crippen LogP contribution in [0.5, 0.6) is 0 Å². The van der Waals surface area contributed by atoms with Gasteiger partial charge < -0.3 is 9.47 Å². The van der Waals surface area contributed by atoms with Crippen LogP contribution in [0.15, 0.2) is 30.3 Å². The number of benzene rings is 1. The van der Waals surface area contributed by atoms with Crippen LogP contribution in [0.2, 0.25) is 10.4 Å².